The van der Waals surface area contributed by atoms with E-state index < -0.39 is 15.9 Å². The van der Waals surface area contributed by atoms with Crippen molar-refractivity contribution in [3.8, 4) is 0 Å². The smallest absolute Gasteiger partial charge is 0.271 e. The molecule has 0 bridgehead atoms. The van der Waals surface area contributed by atoms with Crippen molar-refractivity contribution in [3.63, 3.8) is 0 Å². The second-order valence-corrected chi connectivity index (χ2v) is 6.60. The first kappa shape index (κ1) is 14.5. The largest absolute Gasteiger partial charge is 0.364 e. The number of aromatic amines is 1. The number of carbonyl (C=O) groups excluding carboxylic acids is 1. The molecule has 0 aliphatic carbocycles. The van der Waals surface area contributed by atoms with Gasteiger partial charge in [0, 0.05) is 4.47 Å². The van der Waals surface area contributed by atoms with Crippen LogP contribution in [0, 0.1) is 6.92 Å². The van der Waals surface area contributed by atoms with Gasteiger partial charge in [0.2, 0.25) is 0 Å². The van der Waals surface area contributed by atoms with Crippen molar-refractivity contribution in [2.75, 3.05) is 4.72 Å². The Hall–Kier alpha value is -1.87. The number of rotatable bonds is 4. The zero-order valence-electron chi connectivity index (χ0n) is 10.3. The molecule has 2 rings (SSSR count). The number of carbonyl (C=O) groups is 1. The van der Waals surface area contributed by atoms with Gasteiger partial charge in [0.25, 0.3) is 15.9 Å². The van der Waals surface area contributed by atoms with Crippen molar-refractivity contribution < 1.29 is 13.2 Å². The lowest BCUT2D eigenvalue weighted by Gasteiger charge is -2.08. The van der Waals surface area contributed by atoms with E-state index in [2.05, 4.69) is 30.8 Å². The Morgan fingerprint density at radius 1 is 1.45 bits per heavy atom. The molecule has 7 nitrogen and oxygen atoms in total. The van der Waals surface area contributed by atoms with Gasteiger partial charge in [-0.2, -0.15) is 5.10 Å². The van der Waals surface area contributed by atoms with Crippen LogP contribution in [0.2, 0.25) is 0 Å². The number of aryl methyl sites for hydroxylation is 1. The Balaban J connectivity index is 2.44. The highest BCUT2D eigenvalue weighted by Crippen LogP contribution is 2.23. The Kier molecular flexibility index (Phi) is 3.82. The summed E-state index contributed by atoms with van der Waals surface area (Å²) in [7, 11) is -3.83. The van der Waals surface area contributed by atoms with Crippen LogP contribution < -0.4 is 10.5 Å². The monoisotopic (exact) mass is 358 g/mol. The molecule has 0 fully saturated rings. The van der Waals surface area contributed by atoms with Crippen LogP contribution in [-0.4, -0.2) is 24.5 Å². The summed E-state index contributed by atoms with van der Waals surface area (Å²) in [4.78, 5) is 11.3. The van der Waals surface area contributed by atoms with Crippen molar-refractivity contribution in [1.82, 2.24) is 10.2 Å². The van der Waals surface area contributed by atoms with Crippen LogP contribution in [0.15, 0.2) is 33.6 Å². The fourth-order valence-electron chi connectivity index (χ4n) is 1.56. The van der Waals surface area contributed by atoms with E-state index in [1.165, 1.54) is 12.1 Å². The highest BCUT2D eigenvalue weighted by Gasteiger charge is 2.22. The summed E-state index contributed by atoms with van der Waals surface area (Å²) in [6.07, 6.45) is 0. The van der Waals surface area contributed by atoms with Crippen LogP contribution in [0.5, 0.6) is 0 Å². The molecule has 0 atom stereocenters. The third-order valence-electron chi connectivity index (χ3n) is 2.52. The van der Waals surface area contributed by atoms with Gasteiger partial charge in [-0.05, 0) is 25.1 Å². The number of nitrogens with two attached hydrogens (primary N) is 1. The second-order valence-electron chi connectivity index (χ2n) is 4.00. The molecule has 4 N–H and O–H groups in total. The van der Waals surface area contributed by atoms with Crippen molar-refractivity contribution in [3.05, 3.63) is 40.1 Å². The highest BCUT2D eigenvalue weighted by atomic mass is 79.9. The van der Waals surface area contributed by atoms with Crippen LogP contribution in [0.1, 0.15) is 16.2 Å². The standard InChI is InChI=1S/C11H11BrN4O3S/c1-6-9(10(11(13)17)15-14-6)16-20(18,19)8-4-2-3-7(12)5-8/h2-5,16H,1H3,(H2,13,17)(H,14,15). The molecule has 1 heterocycles. The number of H-pyrrole nitrogens is 1. The summed E-state index contributed by atoms with van der Waals surface area (Å²) in [5.74, 6) is -0.818. The lowest BCUT2D eigenvalue weighted by molar-refractivity contribution is 0.0996. The van der Waals surface area contributed by atoms with E-state index in [0.717, 1.165) is 0 Å². The summed E-state index contributed by atoms with van der Waals surface area (Å²) >= 11 is 3.20. The van der Waals surface area contributed by atoms with Gasteiger partial charge in [-0.15, -0.1) is 0 Å². The van der Waals surface area contributed by atoms with E-state index in [4.69, 9.17) is 5.73 Å². The van der Waals surface area contributed by atoms with Crippen molar-refractivity contribution in [1.29, 1.82) is 0 Å². The van der Waals surface area contributed by atoms with Crippen molar-refractivity contribution in [2.45, 2.75) is 11.8 Å². The quantitative estimate of drug-likeness (QED) is 0.764. The average Bonchev–Trinajstić information content (AvgIpc) is 2.71. The zero-order valence-corrected chi connectivity index (χ0v) is 12.7. The maximum Gasteiger partial charge on any atom is 0.271 e. The molecule has 0 spiro atoms. The van der Waals surface area contributed by atoms with Crippen molar-refractivity contribution in [2.24, 2.45) is 5.73 Å². The number of hydrogen-bond acceptors (Lipinski definition) is 4. The van der Waals surface area contributed by atoms with Crippen molar-refractivity contribution >= 4 is 37.5 Å². The van der Waals surface area contributed by atoms with Gasteiger partial charge in [-0.25, -0.2) is 8.42 Å². The summed E-state index contributed by atoms with van der Waals surface area (Å²) in [5.41, 5.74) is 5.45. The Morgan fingerprint density at radius 3 is 2.75 bits per heavy atom. The van der Waals surface area contributed by atoms with E-state index in [1.54, 1.807) is 19.1 Å². The minimum atomic E-state index is -3.83. The first-order chi connectivity index (χ1) is 9.31. The fourth-order valence-corrected chi connectivity index (χ4v) is 3.29. The number of halogens is 1. The summed E-state index contributed by atoms with van der Waals surface area (Å²) in [5, 5.41) is 6.19. The molecule has 0 saturated heterocycles. The van der Waals surface area contributed by atoms with Gasteiger partial charge < -0.3 is 5.73 Å². The van der Waals surface area contributed by atoms with Crippen LogP contribution in [0.3, 0.4) is 0 Å². The molecule has 9 heteroatoms. The SMILES string of the molecule is Cc1[nH]nc(C(N)=O)c1NS(=O)(=O)c1cccc(Br)c1. The summed E-state index contributed by atoms with van der Waals surface area (Å²) in [6, 6.07) is 6.18. The Labute approximate surface area is 123 Å². The van der Waals surface area contributed by atoms with E-state index in [1.807, 2.05) is 0 Å². The van der Waals surface area contributed by atoms with Crippen LogP contribution in [-0.2, 0) is 10.0 Å². The van der Waals surface area contributed by atoms with E-state index in [9.17, 15) is 13.2 Å². The molecule has 0 aliphatic heterocycles. The van der Waals surface area contributed by atoms with Crippen LogP contribution >= 0.6 is 15.9 Å². The number of amides is 1. The summed E-state index contributed by atoms with van der Waals surface area (Å²) in [6.45, 7) is 1.58. The first-order valence-corrected chi connectivity index (χ1v) is 7.72. The molecule has 2 aromatic rings. The molecule has 20 heavy (non-hydrogen) atoms. The topological polar surface area (TPSA) is 118 Å². The molecule has 106 valence electrons. The van der Waals surface area contributed by atoms with Gasteiger partial charge in [0.1, 0.15) is 5.69 Å². The number of primary amides is 1. The molecule has 1 aromatic carbocycles. The van der Waals surface area contributed by atoms with Crippen LogP contribution in [0.25, 0.3) is 0 Å². The zero-order chi connectivity index (χ0) is 14.9. The van der Waals surface area contributed by atoms with E-state index in [0.29, 0.717) is 10.2 Å². The van der Waals surface area contributed by atoms with Crippen LogP contribution in [0.4, 0.5) is 5.69 Å². The maximum atomic E-state index is 12.3. The lowest BCUT2D eigenvalue weighted by atomic mass is 10.3. The molecular weight excluding hydrogens is 348 g/mol. The van der Waals surface area contributed by atoms with Gasteiger partial charge in [0.05, 0.1) is 10.6 Å². The number of aromatic nitrogens is 2. The maximum absolute atomic E-state index is 12.3. The molecule has 0 unspecified atom stereocenters. The van der Waals surface area contributed by atoms with Gasteiger partial charge in [0.15, 0.2) is 5.69 Å². The Morgan fingerprint density at radius 2 is 2.15 bits per heavy atom. The third-order valence-corrected chi connectivity index (χ3v) is 4.36. The van der Waals surface area contributed by atoms with E-state index >= 15 is 0 Å². The minimum absolute atomic E-state index is 0.0532. The predicted molar refractivity (Wildman–Crippen MR) is 76.8 cm³/mol. The molecule has 1 amide bonds. The number of nitrogens with one attached hydrogen (secondary N) is 2. The fraction of sp³-hybridized carbons (Fsp3) is 0.0909. The normalized spacial score (nSPS) is 11.3. The number of anilines is 1. The predicted octanol–water partition coefficient (Wildman–Crippen LogP) is 1.38. The highest BCUT2D eigenvalue weighted by molar-refractivity contribution is 9.10. The van der Waals surface area contributed by atoms with E-state index in [-0.39, 0.29) is 16.3 Å². The molecule has 0 saturated carbocycles. The molecule has 0 radical (unpaired) electrons. The number of nitrogens with zero attached hydrogens (tertiary/aromatic N) is 1. The Bertz CT molecular complexity index is 770. The number of benzene rings is 1. The lowest BCUT2D eigenvalue weighted by Crippen LogP contribution is -2.18. The second kappa shape index (κ2) is 5.25. The average molecular weight is 359 g/mol. The molecule has 0 aliphatic rings. The van der Waals surface area contributed by atoms with Gasteiger partial charge in [-0.3, -0.25) is 14.6 Å². The number of hydrogen-bond donors (Lipinski definition) is 3. The molecular formula is C11H11BrN4O3S. The van der Waals surface area contributed by atoms with Gasteiger partial charge >= 0.3 is 0 Å². The summed E-state index contributed by atoms with van der Waals surface area (Å²) < 4.78 is 27.4. The third kappa shape index (κ3) is 2.83. The molecule has 1 aromatic heterocycles. The minimum Gasteiger partial charge on any atom is -0.364 e. The van der Waals surface area contributed by atoms with Gasteiger partial charge in [-0.1, -0.05) is 22.0 Å². The first-order valence-electron chi connectivity index (χ1n) is 5.44. The number of sulfonamides is 1.